The molecule has 0 aliphatic rings. The van der Waals surface area contributed by atoms with E-state index in [0.717, 1.165) is 0 Å². The van der Waals surface area contributed by atoms with Crippen LogP contribution in [-0.2, 0) is 0 Å². The van der Waals surface area contributed by atoms with Crippen molar-refractivity contribution in [3.8, 4) is 11.5 Å². The van der Waals surface area contributed by atoms with Crippen LogP contribution in [-0.4, -0.2) is 32.2 Å². The third kappa shape index (κ3) is 4.29. The fraction of sp³-hybridized carbons (Fsp3) is 0.462. The Bertz CT molecular complexity index is 436. The van der Waals surface area contributed by atoms with Gasteiger partial charge in [0.15, 0.2) is 11.5 Å². The highest BCUT2D eigenvalue weighted by molar-refractivity contribution is 5.98. The van der Waals surface area contributed by atoms with Gasteiger partial charge < -0.3 is 20.5 Å². The zero-order valence-corrected chi connectivity index (χ0v) is 12.5. The minimum Gasteiger partial charge on any atom is -0.493 e. The Kier molecular flexibility index (Phi) is 6.65. The van der Waals surface area contributed by atoms with E-state index in [4.69, 9.17) is 15.2 Å². The van der Waals surface area contributed by atoms with Gasteiger partial charge in [0.2, 0.25) is 0 Å². The zero-order valence-electron chi connectivity index (χ0n) is 11.6. The average molecular weight is 289 g/mol. The lowest BCUT2D eigenvalue weighted by Crippen LogP contribution is -2.48. The lowest BCUT2D eigenvalue weighted by atomic mass is 10.0. The van der Waals surface area contributed by atoms with Crippen molar-refractivity contribution < 1.29 is 14.3 Å². The van der Waals surface area contributed by atoms with Gasteiger partial charge in [-0.25, -0.2) is 0 Å². The van der Waals surface area contributed by atoms with E-state index in [0.29, 0.717) is 23.6 Å². The number of nitrogens with two attached hydrogens (primary N) is 1. The largest absolute Gasteiger partial charge is 0.493 e. The summed E-state index contributed by atoms with van der Waals surface area (Å²) in [5.74, 6) is 0.710. The van der Waals surface area contributed by atoms with E-state index in [1.54, 1.807) is 18.2 Å². The van der Waals surface area contributed by atoms with Crippen molar-refractivity contribution in [3.05, 3.63) is 23.8 Å². The standard InChI is InChI=1S/C13H20N2O3.ClH/c1-13(2,8-14)15-12(16)9-6-5-7-10(17-3)11(9)18-4;/h5-7H,8,14H2,1-4H3,(H,15,16);1H. The van der Waals surface area contributed by atoms with Gasteiger partial charge in [0.05, 0.1) is 19.8 Å². The first-order valence-electron chi connectivity index (χ1n) is 5.68. The van der Waals surface area contributed by atoms with Crippen LogP contribution in [0.5, 0.6) is 11.5 Å². The first-order valence-corrected chi connectivity index (χ1v) is 5.68. The number of amides is 1. The lowest BCUT2D eigenvalue weighted by molar-refractivity contribution is 0.0912. The Balaban J connectivity index is 0.00000324. The Labute approximate surface area is 119 Å². The molecule has 6 heteroatoms. The molecule has 0 unspecified atom stereocenters. The molecular formula is C13H21ClN2O3. The fourth-order valence-corrected chi connectivity index (χ4v) is 1.49. The van der Waals surface area contributed by atoms with E-state index in [2.05, 4.69) is 5.32 Å². The predicted molar refractivity (Wildman–Crippen MR) is 77.4 cm³/mol. The molecule has 19 heavy (non-hydrogen) atoms. The molecule has 0 spiro atoms. The summed E-state index contributed by atoms with van der Waals surface area (Å²) in [6.07, 6.45) is 0. The number of nitrogens with one attached hydrogen (secondary N) is 1. The zero-order chi connectivity index (χ0) is 13.8. The minimum absolute atomic E-state index is 0. The summed E-state index contributed by atoms with van der Waals surface area (Å²) < 4.78 is 10.4. The monoisotopic (exact) mass is 288 g/mol. The summed E-state index contributed by atoms with van der Waals surface area (Å²) >= 11 is 0. The number of hydrogen-bond acceptors (Lipinski definition) is 4. The number of ether oxygens (including phenoxy) is 2. The van der Waals surface area contributed by atoms with Crippen molar-refractivity contribution in [3.63, 3.8) is 0 Å². The van der Waals surface area contributed by atoms with Crippen LogP contribution >= 0.6 is 12.4 Å². The molecule has 108 valence electrons. The van der Waals surface area contributed by atoms with Crippen LogP contribution in [0.3, 0.4) is 0 Å². The van der Waals surface area contributed by atoms with Crippen LogP contribution in [0.1, 0.15) is 24.2 Å². The Hall–Kier alpha value is -1.46. The molecule has 0 saturated carbocycles. The van der Waals surface area contributed by atoms with Crippen LogP contribution in [0.15, 0.2) is 18.2 Å². The number of hydrogen-bond donors (Lipinski definition) is 2. The lowest BCUT2D eigenvalue weighted by Gasteiger charge is -2.24. The van der Waals surface area contributed by atoms with Crippen molar-refractivity contribution >= 4 is 18.3 Å². The fourth-order valence-electron chi connectivity index (χ4n) is 1.49. The summed E-state index contributed by atoms with van der Waals surface area (Å²) in [6.45, 7) is 4.07. The first kappa shape index (κ1) is 17.5. The van der Waals surface area contributed by atoms with Gasteiger partial charge in [0.25, 0.3) is 5.91 Å². The molecular weight excluding hydrogens is 268 g/mol. The molecule has 0 atom stereocenters. The topological polar surface area (TPSA) is 73.6 Å². The van der Waals surface area contributed by atoms with Crippen LogP contribution < -0.4 is 20.5 Å². The Morgan fingerprint density at radius 1 is 1.32 bits per heavy atom. The van der Waals surface area contributed by atoms with Crippen LogP contribution in [0.2, 0.25) is 0 Å². The summed E-state index contributed by atoms with van der Waals surface area (Å²) in [4.78, 5) is 12.2. The summed E-state index contributed by atoms with van der Waals surface area (Å²) in [5, 5.41) is 2.85. The van der Waals surface area contributed by atoms with Crippen molar-refractivity contribution in [2.45, 2.75) is 19.4 Å². The van der Waals surface area contributed by atoms with Gasteiger partial charge >= 0.3 is 0 Å². The molecule has 1 aromatic rings. The van der Waals surface area contributed by atoms with Gasteiger partial charge in [-0.1, -0.05) is 6.07 Å². The molecule has 0 aromatic heterocycles. The molecule has 5 nitrogen and oxygen atoms in total. The Morgan fingerprint density at radius 3 is 2.42 bits per heavy atom. The highest BCUT2D eigenvalue weighted by Crippen LogP contribution is 2.30. The number of benzene rings is 1. The number of methoxy groups -OCH3 is 2. The van der Waals surface area contributed by atoms with Gasteiger partial charge in [-0.05, 0) is 26.0 Å². The molecule has 0 aliphatic heterocycles. The number of halogens is 1. The predicted octanol–water partition coefficient (Wildman–Crippen LogP) is 1.59. The molecule has 0 saturated heterocycles. The molecule has 0 aliphatic carbocycles. The molecule has 3 N–H and O–H groups in total. The maximum atomic E-state index is 12.2. The van der Waals surface area contributed by atoms with Crippen molar-refractivity contribution in [2.75, 3.05) is 20.8 Å². The van der Waals surface area contributed by atoms with E-state index < -0.39 is 5.54 Å². The highest BCUT2D eigenvalue weighted by Gasteiger charge is 2.22. The number of rotatable bonds is 5. The second kappa shape index (κ2) is 7.21. The summed E-state index contributed by atoms with van der Waals surface area (Å²) in [6, 6.07) is 5.17. The van der Waals surface area contributed by atoms with E-state index in [-0.39, 0.29) is 18.3 Å². The first-order chi connectivity index (χ1) is 8.45. The SMILES string of the molecule is COc1cccc(C(=O)NC(C)(C)CN)c1OC.Cl. The maximum Gasteiger partial charge on any atom is 0.255 e. The molecule has 0 heterocycles. The van der Waals surface area contributed by atoms with E-state index in [1.807, 2.05) is 13.8 Å². The minimum atomic E-state index is -0.467. The molecule has 0 fully saturated rings. The van der Waals surface area contributed by atoms with Gasteiger partial charge in [0.1, 0.15) is 0 Å². The maximum absolute atomic E-state index is 12.2. The van der Waals surface area contributed by atoms with Crippen LogP contribution in [0, 0.1) is 0 Å². The molecule has 1 amide bonds. The molecule has 0 bridgehead atoms. The highest BCUT2D eigenvalue weighted by atomic mass is 35.5. The summed E-state index contributed by atoms with van der Waals surface area (Å²) in [7, 11) is 3.03. The Morgan fingerprint density at radius 2 is 1.95 bits per heavy atom. The van der Waals surface area contributed by atoms with Crippen molar-refractivity contribution in [1.29, 1.82) is 0 Å². The quantitative estimate of drug-likeness (QED) is 0.863. The van der Waals surface area contributed by atoms with Crippen LogP contribution in [0.4, 0.5) is 0 Å². The third-order valence-corrected chi connectivity index (χ3v) is 2.61. The molecule has 0 radical (unpaired) electrons. The van der Waals surface area contributed by atoms with Gasteiger partial charge in [-0.2, -0.15) is 0 Å². The number of para-hydroxylation sites is 1. The number of carbonyl (C=O) groups excluding carboxylic acids is 1. The number of carbonyl (C=O) groups is 1. The second-order valence-electron chi connectivity index (χ2n) is 4.58. The normalized spacial score (nSPS) is 10.4. The molecule has 1 aromatic carbocycles. The van der Waals surface area contributed by atoms with Crippen molar-refractivity contribution in [2.24, 2.45) is 5.73 Å². The van der Waals surface area contributed by atoms with Crippen LogP contribution in [0.25, 0.3) is 0 Å². The second-order valence-corrected chi connectivity index (χ2v) is 4.58. The third-order valence-electron chi connectivity index (χ3n) is 2.61. The van der Waals surface area contributed by atoms with Gasteiger partial charge in [0, 0.05) is 12.1 Å². The summed E-state index contributed by atoms with van der Waals surface area (Å²) in [5.41, 5.74) is 5.55. The molecule has 1 rings (SSSR count). The van der Waals surface area contributed by atoms with Gasteiger partial charge in [-0.15, -0.1) is 12.4 Å². The van der Waals surface area contributed by atoms with Gasteiger partial charge in [-0.3, -0.25) is 4.79 Å². The average Bonchev–Trinajstić information content (AvgIpc) is 2.37. The van der Waals surface area contributed by atoms with E-state index >= 15 is 0 Å². The van der Waals surface area contributed by atoms with Crippen molar-refractivity contribution in [1.82, 2.24) is 5.32 Å². The smallest absolute Gasteiger partial charge is 0.255 e. The van der Waals surface area contributed by atoms with E-state index in [9.17, 15) is 4.79 Å². The van der Waals surface area contributed by atoms with E-state index in [1.165, 1.54) is 14.2 Å².